The van der Waals surface area contributed by atoms with Crippen molar-refractivity contribution < 1.29 is 18.7 Å². The highest BCUT2D eigenvalue weighted by molar-refractivity contribution is 8.00. The van der Waals surface area contributed by atoms with Gasteiger partial charge >= 0.3 is 5.97 Å². The molecule has 4 nitrogen and oxygen atoms in total. The number of thioether (sulfide) groups is 1. The van der Waals surface area contributed by atoms with E-state index in [1.54, 1.807) is 13.8 Å². The molecular weight excluding hydrogens is 329 g/mol. The highest BCUT2D eigenvalue weighted by atomic mass is 35.5. The molecule has 22 heavy (non-hydrogen) atoms. The van der Waals surface area contributed by atoms with Crippen LogP contribution in [0.2, 0.25) is 5.02 Å². The number of carbonyl (C=O) groups excluding carboxylic acids is 2. The number of halogens is 2. The van der Waals surface area contributed by atoms with Crippen molar-refractivity contribution in [2.45, 2.75) is 50.4 Å². The summed E-state index contributed by atoms with van der Waals surface area (Å²) in [7, 11) is 0. The number of esters is 1. The fraction of sp³-hybridized carbons (Fsp3) is 0.467. The van der Waals surface area contributed by atoms with E-state index in [4.69, 9.17) is 16.3 Å². The highest BCUT2D eigenvalue weighted by Crippen LogP contribution is 2.35. The number of carbonyl (C=O) groups is 2. The first-order valence-corrected chi connectivity index (χ1v) is 8.14. The van der Waals surface area contributed by atoms with Gasteiger partial charge in [-0.3, -0.25) is 9.59 Å². The van der Waals surface area contributed by atoms with Crippen molar-refractivity contribution in [3.8, 4) is 0 Å². The maximum atomic E-state index is 13.7. The Hall–Kier alpha value is -1.27. The lowest BCUT2D eigenvalue weighted by molar-refractivity contribution is -0.146. The quantitative estimate of drug-likeness (QED) is 0.617. The first-order chi connectivity index (χ1) is 10.2. The minimum Gasteiger partial charge on any atom is -0.462 e. The van der Waals surface area contributed by atoms with E-state index >= 15 is 0 Å². The molecule has 7 heteroatoms. The minimum absolute atomic E-state index is 0.0338. The van der Waals surface area contributed by atoms with E-state index in [2.05, 4.69) is 5.32 Å². The van der Waals surface area contributed by atoms with Crippen LogP contribution < -0.4 is 5.32 Å². The summed E-state index contributed by atoms with van der Waals surface area (Å²) in [6.07, 6.45) is 0.333. The SMILES string of the molecule is CCC(Sc1cc(NC(C)=O)c(F)cc1Cl)C(=O)OC(C)C. The van der Waals surface area contributed by atoms with Crippen molar-refractivity contribution in [2.24, 2.45) is 0 Å². The van der Waals surface area contributed by atoms with Crippen LogP contribution in [0.1, 0.15) is 34.1 Å². The van der Waals surface area contributed by atoms with Crippen LogP contribution in [0.25, 0.3) is 0 Å². The van der Waals surface area contributed by atoms with Gasteiger partial charge in [-0.05, 0) is 32.4 Å². The lowest BCUT2D eigenvalue weighted by atomic mass is 10.3. The van der Waals surface area contributed by atoms with Gasteiger partial charge in [0, 0.05) is 11.8 Å². The lowest BCUT2D eigenvalue weighted by Crippen LogP contribution is -2.22. The fourth-order valence-corrected chi connectivity index (χ4v) is 2.93. The molecule has 0 saturated carbocycles. The van der Waals surface area contributed by atoms with Gasteiger partial charge in [0.2, 0.25) is 5.91 Å². The summed E-state index contributed by atoms with van der Waals surface area (Å²) in [4.78, 5) is 23.6. The van der Waals surface area contributed by atoms with Crippen molar-refractivity contribution in [1.29, 1.82) is 0 Å². The minimum atomic E-state index is -0.623. The number of amides is 1. The summed E-state index contributed by atoms with van der Waals surface area (Å²) in [6, 6.07) is 2.55. The van der Waals surface area contributed by atoms with Crippen LogP contribution in [0, 0.1) is 5.82 Å². The van der Waals surface area contributed by atoms with Crippen molar-refractivity contribution in [3.63, 3.8) is 0 Å². The Morgan fingerprint density at radius 2 is 2.05 bits per heavy atom. The second-order valence-electron chi connectivity index (χ2n) is 4.94. The summed E-state index contributed by atoms with van der Waals surface area (Å²) < 4.78 is 18.9. The maximum Gasteiger partial charge on any atom is 0.319 e. The molecule has 1 unspecified atom stereocenters. The smallest absolute Gasteiger partial charge is 0.319 e. The normalized spacial score (nSPS) is 12.1. The second-order valence-corrected chi connectivity index (χ2v) is 6.60. The molecule has 0 saturated heterocycles. The zero-order chi connectivity index (χ0) is 16.9. The maximum absolute atomic E-state index is 13.7. The van der Waals surface area contributed by atoms with Crippen LogP contribution in [-0.2, 0) is 14.3 Å². The monoisotopic (exact) mass is 347 g/mol. The van der Waals surface area contributed by atoms with E-state index in [9.17, 15) is 14.0 Å². The number of ether oxygens (including phenoxy) is 1. The molecule has 1 atom stereocenters. The molecular formula is C15H19ClFNO3S. The Bertz CT molecular complexity index is 566. The Labute approximate surface area is 138 Å². The van der Waals surface area contributed by atoms with Crippen molar-refractivity contribution >= 4 is 40.9 Å². The summed E-state index contributed by atoms with van der Waals surface area (Å²) in [5.41, 5.74) is 0.0338. The average molecular weight is 348 g/mol. The summed E-state index contributed by atoms with van der Waals surface area (Å²) in [6.45, 7) is 6.69. The van der Waals surface area contributed by atoms with Crippen molar-refractivity contribution in [1.82, 2.24) is 0 Å². The molecule has 0 aliphatic rings. The molecule has 0 fully saturated rings. The highest BCUT2D eigenvalue weighted by Gasteiger charge is 2.22. The van der Waals surface area contributed by atoms with E-state index in [1.165, 1.54) is 24.8 Å². The predicted molar refractivity (Wildman–Crippen MR) is 86.9 cm³/mol. The van der Waals surface area contributed by atoms with Gasteiger partial charge in [-0.25, -0.2) is 4.39 Å². The van der Waals surface area contributed by atoms with Crippen molar-refractivity contribution in [3.05, 3.63) is 23.0 Å². The Morgan fingerprint density at radius 1 is 1.41 bits per heavy atom. The lowest BCUT2D eigenvalue weighted by Gasteiger charge is -2.17. The third kappa shape index (κ3) is 5.50. The predicted octanol–water partition coefficient (Wildman–Crippen LogP) is 4.26. The zero-order valence-electron chi connectivity index (χ0n) is 12.9. The third-order valence-corrected chi connectivity index (χ3v) is 4.41. The van der Waals surface area contributed by atoms with Crippen LogP contribution in [0.3, 0.4) is 0 Å². The number of hydrogen-bond donors (Lipinski definition) is 1. The van der Waals surface area contributed by atoms with E-state index < -0.39 is 11.1 Å². The van der Waals surface area contributed by atoms with Crippen LogP contribution in [-0.4, -0.2) is 23.2 Å². The van der Waals surface area contributed by atoms with Gasteiger partial charge in [-0.15, -0.1) is 11.8 Å². The molecule has 122 valence electrons. The van der Waals surface area contributed by atoms with Crippen LogP contribution >= 0.6 is 23.4 Å². The Balaban J connectivity index is 2.99. The molecule has 1 N–H and O–H groups in total. The van der Waals surface area contributed by atoms with Gasteiger partial charge in [0.05, 0.1) is 16.8 Å². The van der Waals surface area contributed by atoms with Gasteiger partial charge in [0.15, 0.2) is 0 Å². The van der Waals surface area contributed by atoms with E-state index in [1.807, 2.05) is 6.92 Å². The first kappa shape index (κ1) is 18.8. The van der Waals surface area contributed by atoms with E-state index in [0.29, 0.717) is 11.3 Å². The Morgan fingerprint density at radius 3 is 2.55 bits per heavy atom. The molecule has 1 aromatic carbocycles. The van der Waals surface area contributed by atoms with E-state index in [-0.39, 0.29) is 28.7 Å². The second kappa shape index (κ2) is 8.39. The third-order valence-electron chi connectivity index (χ3n) is 2.59. The fourth-order valence-electron chi connectivity index (χ4n) is 1.66. The summed E-state index contributed by atoms with van der Waals surface area (Å²) >= 11 is 7.21. The van der Waals surface area contributed by atoms with Crippen LogP contribution in [0.5, 0.6) is 0 Å². The van der Waals surface area contributed by atoms with Gasteiger partial charge < -0.3 is 10.1 Å². The molecule has 1 amide bonds. The molecule has 0 bridgehead atoms. The molecule has 0 radical (unpaired) electrons. The molecule has 1 aromatic rings. The zero-order valence-corrected chi connectivity index (χ0v) is 14.5. The Kier molecular flexibility index (Phi) is 7.16. The number of anilines is 1. The molecule has 1 rings (SSSR count). The molecule has 0 aliphatic carbocycles. The topological polar surface area (TPSA) is 55.4 Å². The average Bonchev–Trinajstić information content (AvgIpc) is 2.39. The summed E-state index contributed by atoms with van der Waals surface area (Å²) in [5.74, 6) is -1.35. The number of hydrogen-bond acceptors (Lipinski definition) is 4. The van der Waals surface area contributed by atoms with Crippen molar-refractivity contribution in [2.75, 3.05) is 5.32 Å². The molecule has 0 heterocycles. The number of rotatable bonds is 6. The number of nitrogens with one attached hydrogen (secondary N) is 1. The van der Waals surface area contributed by atoms with Crippen LogP contribution in [0.15, 0.2) is 17.0 Å². The van der Waals surface area contributed by atoms with E-state index in [0.717, 1.165) is 6.07 Å². The number of benzene rings is 1. The van der Waals surface area contributed by atoms with Gasteiger partial charge in [0.1, 0.15) is 11.1 Å². The molecule has 0 spiro atoms. The summed E-state index contributed by atoms with van der Waals surface area (Å²) in [5, 5.41) is 2.13. The van der Waals surface area contributed by atoms with Gasteiger partial charge in [0.25, 0.3) is 0 Å². The molecule has 0 aliphatic heterocycles. The largest absolute Gasteiger partial charge is 0.462 e. The van der Waals surface area contributed by atoms with Crippen LogP contribution in [0.4, 0.5) is 10.1 Å². The molecule has 0 aromatic heterocycles. The standard InChI is InChI=1S/C15H19ClFNO3S/c1-5-13(15(20)21-8(2)3)22-14-7-12(18-9(4)19)11(17)6-10(14)16/h6-8,13H,5H2,1-4H3,(H,18,19). The first-order valence-electron chi connectivity index (χ1n) is 6.88. The van der Waals surface area contributed by atoms with Gasteiger partial charge in [-0.2, -0.15) is 0 Å². The van der Waals surface area contributed by atoms with Gasteiger partial charge in [-0.1, -0.05) is 18.5 Å².